The molecule has 2 bridgehead atoms. The van der Waals surface area contributed by atoms with E-state index >= 15 is 0 Å². The van der Waals surface area contributed by atoms with Crippen molar-refractivity contribution in [3.8, 4) is 0 Å². The molecule has 0 radical (unpaired) electrons. The lowest BCUT2D eigenvalue weighted by atomic mass is 9.84. The van der Waals surface area contributed by atoms with Crippen molar-refractivity contribution in [3.63, 3.8) is 0 Å². The van der Waals surface area contributed by atoms with Crippen LogP contribution in [0, 0.1) is 17.8 Å². The predicted molar refractivity (Wildman–Crippen MR) is 67.1 cm³/mol. The lowest BCUT2D eigenvalue weighted by Gasteiger charge is -2.19. The molecule has 18 heavy (non-hydrogen) atoms. The van der Waals surface area contributed by atoms with Crippen molar-refractivity contribution in [2.24, 2.45) is 17.8 Å². The first kappa shape index (κ1) is 11.6. The van der Waals surface area contributed by atoms with Gasteiger partial charge in [-0.25, -0.2) is 0 Å². The first-order chi connectivity index (χ1) is 8.75. The SMILES string of the molecule is O=C(CCC1C(=O)C2CCC1C2)c1ccccn1. The van der Waals surface area contributed by atoms with Crippen molar-refractivity contribution in [2.45, 2.75) is 32.1 Å². The summed E-state index contributed by atoms with van der Waals surface area (Å²) in [5.74, 6) is 1.49. The highest BCUT2D eigenvalue weighted by molar-refractivity contribution is 5.94. The summed E-state index contributed by atoms with van der Waals surface area (Å²) in [7, 11) is 0. The second-order valence-electron chi connectivity index (χ2n) is 5.46. The van der Waals surface area contributed by atoms with E-state index < -0.39 is 0 Å². The van der Waals surface area contributed by atoms with E-state index in [0.29, 0.717) is 29.7 Å². The molecular formula is C15H17NO2. The minimum atomic E-state index is 0.0613. The van der Waals surface area contributed by atoms with Crippen LogP contribution in [0.15, 0.2) is 24.4 Å². The van der Waals surface area contributed by atoms with Gasteiger partial charge in [-0.3, -0.25) is 14.6 Å². The first-order valence-corrected chi connectivity index (χ1v) is 6.73. The molecular weight excluding hydrogens is 226 g/mol. The summed E-state index contributed by atoms with van der Waals surface area (Å²) in [6.07, 6.45) is 6.14. The van der Waals surface area contributed by atoms with Gasteiger partial charge in [-0.15, -0.1) is 0 Å². The van der Waals surface area contributed by atoms with Gasteiger partial charge in [0.15, 0.2) is 5.78 Å². The Labute approximate surface area is 107 Å². The molecule has 3 unspecified atom stereocenters. The van der Waals surface area contributed by atoms with Gasteiger partial charge in [-0.1, -0.05) is 6.07 Å². The Kier molecular flexibility index (Phi) is 2.98. The monoisotopic (exact) mass is 243 g/mol. The van der Waals surface area contributed by atoms with Crippen molar-refractivity contribution < 1.29 is 9.59 Å². The topological polar surface area (TPSA) is 47.0 Å². The number of Topliss-reactive ketones (excluding diaryl/α,β-unsaturated/α-hetero) is 2. The number of pyridine rings is 1. The molecule has 3 nitrogen and oxygen atoms in total. The van der Waals surface area contributed by atoms with E-state index in [2.05, 4.69) is 4.98 Å². The third-order valence-corrected chi connectivity index (χ3v) is 4.44. The number of rotatable bonds is 4. The van der Waals surface area contributed by atoms with E-state index in [-0.39, 0.29) is 11.7 Å². The zero-order chi connectivity index (χ0) is 12.5. The Morgan fingerprint density at radius 1 is 1.33 bits per heavy atom. The molecule has 3 atom stereocenters. The van der Waals surface area contributed by atoms with E-state index in [4.69, 9.17) is 0 Å². The van der Waals surface area contributed by atoms with Crippen molar-refractivity contribution in [2.75, 3.05) is 0 Å². The van der Waals surface area contributed by atoms with Gasteiger partial charge in [-0.05, 0) is 43.7 Å². The molecule has 1 aromatic heterocycles. The molecule has 0 aromatic carbocycles. The van der Waals surface area contributed by atoms with Crippen molar-refractivity contribution in [1.29, 1.82) is 0 Å². The average Bonchev–Trinajstić information content (AvgIpc) is 2.99. The van der Waals surface area contributed by atoms with E-state index in [1.54, 1.807) is 18.3 Å². The molecule has 1 heterocycles. The van der Waals surface area contributed by atoms with Crippen LogP contribution in [-0.2, 0) is 4.79 Å². The lowest BCUT2D eigenvalue weighted by molar-refractivity contribution is -0.125. The highest BCUT2D eigenvalue weighted by Crippen LogP contribution is 2.47. The highest BCUT2D eigenvalue weighted by atomic mass is 16.1. The summed E-state index contributed by atoms with van der Waals surface area (Å²) >= 11 is 0. The van der Waals surface area contributed by atoms with Gasteiger partial charge in [0.2, 0.25) is 0 Å². The highest BCUT2D eigenvalue weighted by Gasteiger charge is 2.46. The van der Waals surface area contributed by atoms with Crippen molar-refractivity contribution in [3.05, 3.63) is 30.1 Å². The van der Waals surface area contributed by atoms with E-state index in [0.717, 1.165) is 19.3 Å². The van der Waals surface area contributed by atoms with Gasteiger partial charge >= 0.3 is 0 Å². The summed E-state index contributed by atoms with van der Waals surface area (Å²) < 4.78 is 0. The van der Waals surface area contributed by atoms with Crippen LogP contribution in [0.3, 0.4) is 0 Å². The van der Waals surface area contributed by atoms with Crippen molar-refractivity contribution in [1.82, 2.24) is 4.98 Å². The molecule has 0 aliphatic heterocycles. The quantitative estimate of drug-likeness (QED) is 0.764. The number of nitrogens with zero attached hydrogens (tertiary/aromatic N) is 1. The molecule has 0 N–H and O–H groups in total. The fraction of sp³-hybridized carbons (Fsp3) is 0.533. The number of fused-ring (bicyclic) bond motifs is 2. The summed E-state index contributed by atoms with van der Waals surface area (Å²) in [5.41, 5.74) is 0.521. The number of carbonyl (C=O) groups is 2. The maximum Gasteiger partial charge on any atom is 0.181 e. The Morgan fingerprint density at radius 3 is 2.89 bits per heavy atom. The van der Waals surface area contributed by atoms with Crippen LogP contribution >= 0.6 is 0 Å². The van der Waals surface area contributed by atoms with Crippen LogP contribution in [0.4, 0.5) is 0 Å². The van der Waals surface area contributed by atoms with Crippen LogP contribution in [-0.4, -0.2) is 16.6 Å². The molecule has 2 saturated carbocycles. The number of carbonyl (C=O) groups excluding carboxylic acids is 2. The summed E-state index contributed by atoms with van der Waals surface area (Å²) in [4.78, 5) is 28.0. The molecule has 2 aliphatic rings. The van der Waals surface area contributed by atoms with Gasteiger partial charge in [0, 0.05) is 24.5 Å². The molecule has 1 aromatic rings. The van der Waals surface area contributed by atoms with Gasteiger partial charge < -0.3 is 0 Å². The zero-order valence-corrected chi connectivity index (χ0v) is 10.3. The second kappa shape index (κ2) is 4.63. The standard InChI is InChI=1S/C15H17NO2/c17-14(13-3-1-2-8-16-13)7-6-12-10-4-5-11(9-10)15(12)18/h1-3,8,10-12H,4-7,9H2. The van der Waals surface area contributed by atoms with Crippen LogP contribution in [0.5, 0.6) is 0 Å². The van der Waals surface area contributed by atoms with Gasteiger partial charge in [0.05, 0.1) is 0 Å². The van der Waals surface area contributed by atoms with E-state index in [1.807, 2.05) is 6.07 Å². The van der Waals surface area contributed by atoms with Gasteiger partial charge in [-0.2, -0.15) is 0 Å². The molecule has 0 amide bonds. The van der Waals surface area contributed by atoms with Crippen LogP contribution < -0.4 is 0 Å². The molecule has 2 fully saturated rings. The smallest absolute Gasteiger partial charge is 0.181 e. The number of hydrogen-bond acceptors (Lipinski definition) is 3. The van der Waals surface area contributed by atoms with Crippen LogP contribution in [0.1, 0.15) is 42.6 Å². The predicted octanol–water partition coefficient (Wildman–Crippen LogP) is 2.66. The van der Waals surface area contributed by atoms with Crippen LogP contribution in [0.2, 0.25) is 0 Å². The number of aromatic nitrogens is 1. The van der Waals surface area contributed by atoms with E-state index in [9.17, 15) is 9.59 Å². The summed E-state index contributed by atoms with van der Waals surface area (Å²) in [6, 6.07) is 5.37. The fourth-order valence-corrected chi connectivity index (χ4v) is 3.50. The minimum Gasteiger partial charge on any atom is -0.299 e. The Morgan fingerprint density at radius 2 is 2.22 bits per heavy atom. The maximum absolute atomic E-state index is 12.0. The Balaban J connectivity index is 1.59. The summed E-state index contributed by atoms with van der Waals surface area (Å²) in [5, 5.41) is 0. The second-order valence-corrected chi connectivity index (χ2v) is 5.46. The molecule has 2 aliphatic carbocycles. The normalized spacial score (nSPS) is 29.8. The molecule has 94 valence electrons. The maximum atomic E-state index is 12.0. The number of ketones is 2. The minimum absolute atomic E-state index is 0.0613. The third-order valence-electron chi connectivity index (χ3n) is 4.44. The first-order valence-electron chi connectivity index (χ1n) is 6.73. The lowest BCUT2D eigenvalue weighted by Crippen LogP contribution is -2.22. The van der Waals surface area contributed by atoms with Crippen LogP contribution in [0.25, 0.3) is 0 Å². The Bertz CT molecular complexity index is 469. The molecule has 0 spiro atoms. The molecule has 3 rings (SSSR count). The average molecular weight is 243 g/mol. The fourth-order valence-electron chi connectivity index (χ4n) is 3.50. The summed E-state index contributed by atoms with van der Waals surface area (Å²) in [6.45, 7) is 0. The largest absolute Gasteiger partial charge is 0.299 e. The van der Waals surface area contributed by atoms with Gasteiger partial charge in [0.1, 0.15) is 11.5 Å². The van der Waals surface area contributed by atoms with Crippen molar-refractivity contribution >= 4 is 11.6 Å². The third kappa shape index (κ3) is 1.98. The molecule has 3 heteroatoms. The number of hydrogen-bond donors (Lipinski definition) is 0. The van der Waals surface area contributed by atoms with Gasteiger partial charge in [0.25, 0.3) is 0 Å². The Hall–Kier alpha value is -1.51. The molecule has 0 saturated heterocycles. The van der Waals surface area contributed by atoms with E-state index in [1.165, 1.54) is 6.42 Å². The zero-order valence-electron chi connectivity index (χ0n) is 10.3.